The third-order valence-electron chi connectivity index (χ3n) is 1.74. The topological polar surface area (TPSA) is 68.1 Å². The van der Waals surface area contributed by atoms with Gasteiger partial charge in [-0.2, -0.15) is 0 Å². The first kappa shape index (κ1) is 9.98. The van der Waals surface area contributed by atoms with E-state index in [0.717, 1.165) is 0 Å². The monoisotopic (exact) mass is 187 g/mol. The molecule has 0 radical (unpaired) electrons. The molecule has 1 aliphatic heterocycles. The molecule has 1 aliphatic rings. The molecule has 0 aromatic heterocycles. The number of rotatable bonds is 3. The molecule has 0 aromatic carbocycles. The fraction of sp³-hybridized carbons (Fsp3) is 0.750. The van der Waals surface area contributed by atoms with E-state index >= 15 is 0 Å². The van der Waals surface area contributed by atoms with Gasteiger partial charge in [-0.3, -0.25) is 0 Å². The second-order valence-electron chi connectivity index (χ2n) is 2.85. The molecule has 74 valence electrons. The lowest BCUT2D eigenvalue weighted by Gasteiger charge is -2.09. The van der Waals surface area contributed by atoms with Crippen LogP contribution < -0.4 is 0 Å². The molecule has 2 atom stereocenters. The van der Waals surface area contributed by atoms with E-state index < -0.39 is 18.2 Å². The van der Waals surface area contributed by atoms with Crippen molar-refractivity contribution in [2.45, 2.75) is 32.5 Å². The van der Waals surface area contributed by atoms with Crippen LogP contribution >= 0.6 is 0 Å². The molecule has 0 spiro atoms. The van der Waals surface area contributed by atoms with Crippen molar-refractivity contribution in [3.05, 3.63) is 0 Å². The lowest BCUT2D eigenvalue weighted by molar-refractivity contribution is -0.135. The van der Waals surface area contributed by atoms with E-state index in [4.69, 9.17) is 14.7 Å². The molecule has 13 heavy (non-hydrogen) atoms. The number of aliphatic hydroxyl groups is 1. The average Bonchev–Trinajstić information content (AvgIpc) is 2.52. The molecule has 0 saturated carbocycles. The normalized spacial score (nSPS) is 23.3. The van der Waals surface area contributed by atoms with Crippen LogP contribution in [0.2, 0.25) is 0 Å². The van der Waals surface area contributed by atoms with Gasteiger partial charge in [0, 0.05) is 6.42 Å². The molecule has 1 rings (SSSR count). The summed E-state index contributed by atoms with van der Waals surface area (Å²) in [6, 6.07) is 0. The van der Waals surface area contributed by atoms with E-state index in [2.05, 4.69) is 5.16 Å². The van der Waals surface area contributed by atoms with Crippen LogP contribution in [0.3, 0.4) is 0 Å². The maximum atomic E-state index is 11.1. The highest BCUT2D eigenvalue weighted by Crippen LogP contribution is 2.14. The maximum absolute atomic E-state index is 11.1. The molecule has 2 unspecified atom stereocenters. The Bertz CT molecular complexity index is 224. The second-order valence-corrected chi connectivity index (χ2v) is 2.85. The Morgan fingerprint density at radius 2 is 2.62 bits per heavy atom. The predicted octanol–water partition coefficient (Wildman–Crippen LogP) is 0.0752. The second kappa shape index (κ2) is 4.23. The first-order valence-electron chi connectivity index (χ1n) is 4.23. The lowest BCUT2D eigenvalue weighted by atomic mass is 10.1. The standard InChI is InChI=1S/C8H13NO4/c1-3-12-8(11)6-4-7(5(2)10)13-9-6/h5,7,10H,3-4H2,1-2H3. The Labute approximate surface area is 76.3 Å². The number of ether oxygens (including phenoxy) is 1. The van der Waals surface area contributed by atoms with Gasteiger partial charge in [-0.15, -0.1) is 0 Å². The van der Waals surface area contributed by atoms with E-state index in [1.54, 1.807) is 13.8 Å². The SMILES string of the molecule is CCOC(=O)C1=NOC(C(C)O)C1. The highest BCUT2D eigenvalue weighted by Gasteiger charge is 2.29. The van der Waals surface area contributed by atoms with Crippen molar-refractivity contribution in [2.24, 2.45) is 5.16 Å². The predicted molar refractivity (Wildman–Crippen MR) is 45.2 cm³/mol. The van der Waals surface area contributed by atoms with E-state index in [-0.39, 0.29) is 5.71 Å². The van der Waals surface area contributed by atoms with Crippen molar-refractivity contribution in [3.8, 4) is 0 Å². The van der Waals surface area contributed by atoms with Gasteiger partial charge in [0.05, 0.1) is 12.7 Å². The van der Waals surface area contributed by atoms with Crippen LogP contribution in [-0.4, -0.2) is 35.6 Å². The van der Waals surface area contributed by atoms with Gasteiger partial charge in [-0.25, -0.2) is 4.79 Å². The van der Waals surface area contributed by atoms with Gasteiger partial charge in [0.15, 0.2) is 11.8 Å². The Kier molecular flexibility index (Phi) is 3.25. The first-order chi connectivity index (χ1) is 6.15. The third kappa shape index (κ3) is 2.42. The zero-order valence-corrected chi connectivity index (χ0v) is 7.69. The zero-order chi connectivity index (χ0) is 9.84. The minimum atomic E-state index is -0.629. The molecule has 0 amide bonds. The Hall–Kier alpha value is -1.10. The minimum Gasteiger partial charge on any atom is -0.461 e. The zero-order valence-electron chi connectivity index (χ0n) is 7.69. The Morgan fingerprint density at radius 1 is 1.92 bits per heavy atom. The smallest absolute Gasteiger partial charge is 0.356 e. The summed E-state index contributed by atoms with van der Waals surface area (Å²) >= 11 is 0. The molecule has 1 N–H and O–H groups in total. The number of hydrogen-bond donors (Lipinski definition) is 1. The van der Waals surface area contributed by atoms with Crippen molar-refractivity contribution in [1.82, 2.24) is 0 Å². The highest BCUT2D eigenvalue weighted by molar-refractivity contribution is 6.36. The van der Waals surface area contributed by atoms with Crippen molar-refractivity contribution < 1.29 is 19.5 Å². The van der Waals surface area contributed by atoms with Crippen molar-refractivity contribution in [1.29, 1.82) is 0 Å². The molecule has 0 saturated heterocycles. The van der Waals surface area contributed by atoms with Gasteiger partial charge >= 0.3 is 5.97 Å². The summed E-state index contributed by atoms with van der Waals surface area (Å²) in [7, 11) is 0. The van der Waals surface area contributed by atoms with Gasteiger partial charge in [-0.1, -0.05) is 5.16 Å². The third-order valence-corrected chi connectivity index (χ3v) is 1.74. The van der Waals surface area contributed by atoms with E-state index in [1.807, 2.05) is 0 Å². The summed E-state index contributed by atoms with van der Waals surface area (Å²) in [6.45, 7) is 3.63. The number of carbonyl (C=O) groups excluding carboxylic acids is 1. The number of carbonyl (C=O) groups is 1. The summed E-state index contributed by atoms with van der Waals surface area (Å²) in [6.07, 6.45) is -0.730. The van der Waals surface area contributed by atoms with Gasteiger partial charge in [0.1, 0.15) is 0 Å². The van der Waals surface area contributed by atoms with Crippen molar-refractivity contribution >= 4 is 11.7 Å². The van der Waals surface area contributed by atoms with Gasteiger partial charge < -0.3 is 14.7 Å². The van der Waals surface area contributed by atoms with E-state index in [1.165, 1.54) is 0 Å². The fourth-order valence-electron chi connectivity index (χ4n) is 0.990. The summed E-state index contributed by atoms with van der Waals surface area (Å²) in [5.41, 5.74) is 0.243. The minimum absolute atomic E-state index is 0.243. The molecule has 1 heterocycles. The quantitative estimate of drug-likeness (QED) is 0.635. The van der Waals surface area contributed by atoms with E-state index in [9.17, 15) is 4.79 Å². The number of esters is 1. The van der Waals surface area contributed by atoms with Crippen molar-refractivity contribution in [2.75, 3.05) is 6.61 Å². The van der Waals surface area contributed by atoms with Crippen molar-refractivity contribution in [3.63, 3.8) is 0 Å². The molecule has 0 fully saturated rings. The number of hydrogen-bond acceptors (Lipinski definition) is 5. The summed E-state index contributed by atoms with van der Waals surface area (Å²) in [5, 5.41) is 12.7. The van der Waals surface area contributed by atoms with Gasteiger partial charge in [0.25, 0.3) is 0 Å². The van der Waals surface area contributed by atoms with Crippen LogP contribution in [0.15, 0.2) is 5.16 Å². The largest absolute Gasteiger partial charge is 0.461 e. The molecule has 5 nitrogen and oxygen atoms in total. The van der Waals surface area contributed by atoms with Crippen LogP contribution in [0.5, 0.6) is 0 Å². The average molecular weight is 187 g/mol. The molecule has 5 heteroatoms. The molecule has 0 bridgehead atoms. The van der Waals surface area contributed by atoms with Crippen LogP contribution in [0.4, 0.5) is 0 Å². The van der Waals surface area contributed by atoms with Crippen LogP contribution in [-0.2, 0) is 14.4 Å². The summed E-state index contributed by atoms with van der Waals surface area (Å²) < 4.78 is 4.72. The van der Waals surface area contributed by atoms with Crippen LogP contribution in [0.1, 0.15) is 20.3 Å². The van der Waals surface area contributed by atoms with Gasteiger partial charge in [0.2, 0.25) is 0 Å². The number of oxime groups is 1. The Morgan fingerprint density at radius 3 is 3.08 bits per heavy atom. The molecule has 0 aromatic rings. The molecule has 0 aliphatic carbocycles. The van der Waals surface area contributed by atoms with Crippen LogP contribution in [0, 0.1) is 0 Å². The summed E-state index contributed by atoms with van der Waals surface area (Å²) in [5.74, 6) is -0.467. The summed E-state index contributed by atoms with van der Waals surface area (Å²) in [4.78, 5) is 15.9. The van der Waals surface area contributed by atoms with Gasteiger partial charge in [-0.05, 0) is 13.8 Å². The molecular formula is C8H13NO4. The number of nitrogens with zero attached hydrogens (tertiary/aromatic N) is 1. The molecular weight excluding hydrogens is 174 g/mol. The van der Waals surface area contributed by atoms with Crippen LogP contribution in [0.25, 0.3) is 0 Å². The first-order valence-corrected chi connectivity index (χ1v) is 4.23. The number of aliphatic hydroxyl groups excluding tert-OH is 1. The fourth-order valence-corrected chi connectivity index (χ4v) is 0.990. The lowest BCUT2D eigenvalue weighted by Crippen LogP contribution is -2.25. The van der Waals surface area contributed by atoms with E-state index in [0.29, 0.717) is 13.0 Å². The Balaban J connectivity index is 2.44. The maximum Gasteiger partial charge on any atom is 0.356 e. The highest BCUT2D eigenvalue weighted by atomic mass is 16.7.